The molecule has 2 aliphatic rings. The minimum absolute atomic E-state index is 0.0171. The van der Waals surface area contributed by atoms with Crippen molar-refractivity contribution in [2.75, 3.05) is 0 Å². The largest absolute Gasteiger partial charge is 0.447 e. The molecule has 0 aromatic heterocycles. The van der Waals surface area contributed by atoms with E-state index in [9.17, 15) is 4.79 Å². The highest BCUT2D eigenvalue weighted by atomic mass is 28.4. The Morgan fingerprint density at radius 1 is 1.21 bits per heavy atom. The number of rotatable bonds is 1. The second-order valence-corrected chi connectivity index (χ2v) is 15.3. The van der Waals surface area contributed by atoms with Crippen LogP contribution in [0.25, 0.3) is 0 Å². The van der Waals surface area contributed by atoms with Gasteiger partial charge in [0, 0.05) is 0 Å². The predicted octanol–water partition coefficient (Wildman–Crippen LogP) is 1.99. The van der Waals surface area contributed by atoms with Crippen LogP contribution in [0, 0.1) is 0 Å². The number of hydrogen-bond acceptors (Lipinski definition) is 3. The Bertz CT molecular complexity index is 254. The van der Waals surface area contributed by atoms with Gasteiger partial charge in [-0.1, -0.05) is 26.2 Å². The SMILES string of the molecule is C[Si]1(C)CC[Si](C)(C)N1C1CC(=O)O1. The molecule has 2 saturated heterocycles. The molecule has 1 atom stereocenters. The first-order valence-corrected chi connectivity index (χ1v) is 11.6. The van der Waals surface area contributed by atoms with E-state index in [0.29, 0.717) is 6.42 Å². The maximum Gasteiger partial charge on any atom is 0.312 e. The average Bonchev–Trinajstić information content (AvgIpc) is 2.17. The summed E-state index contributed by atoms with van der Waals surface area (Å²) < 4.78 is 7.89. The summed E-state index contributed by atoms with van der Waals surface area (Å²) in [6.45, 7) is 9.61. The van der Waals surface area contributed by atoms with Crippen LogP contribution in [0.2, 0.25) is 38.3 Å². The highest BCUT2D eigenvalue weighted by Crippen LogP contribution is 2.41. The molecule has 2 rings (SSSR count). The number of esters is 1. The quantitative estimate of drug-likeness (QED) is 0.509. The van der Waals surface area contributed by atoms with E-state index in [1.54, 1.807) is 0 Å². The highest BCUT2D eigenvalue weighted by molar-refractivity contribution is 6.95. The Hall–Kier alpha value is -0.136. The predicted molar refractivity (Wildman–Crippen MR) is 60.9 cm³/mol. The molecule has 2 heterocycles. The van der Waals surface area contributed by atoms with Gasteiger partial charge in [-0.15, -0.1) is 0 Å². The van der Waals surface area contributed by atoms with Crippen LogP contribution >= 0.6 is 0 Å². The Morgan fingerprint density at radius 3 is 2.00 bits per heavy atom. The van der Waals surface area contributed by atoms with Crippen molar-refractivity contribution in [1.29, 1.82) is 0 Å². The third-order valence-electron chi connectivity index (χ3n) is 3.55. The molecule has 3 nitrogen and oxygen atoms in total. The van der Waals surface area contributed by atoms with Crippen LogP contribution in [0.5, 0.6) is 0 Å². The molecule has 0 spiro atoms. The van der Waals surface area contributed by atoms with E-state index in [-0.39, 0.29) is 12.2 Å². The number of ether oxygens (including phenoxy) is 1. The monoisotopic (exact) mass is 229 g/mol. The van der Waals surface area contributed by atoms with Gasteiger partial charge in [0.25, 0.3) is 0 Å². The zero-order chi connectivity index (χ0) is 10.6. The number of carbonyl (C=O) groups is 1. The summed E-state index contributed by atoms with van der Waals surface area (Å²) in [5.41, 5.74) is 0. The summed E-state index contributed by atoms with van der Waals surface area (Å²) in [6, 6.07) is 2.75. The van der Waals surface area contributed by atoms with Gasteiger partial charge in [0.1, 0.15) is 16.5 Å². The molecule has 0 N–H and O–H groups in total. The highest BCUT2D eigenvalue weighted by Gasteiger charge is 2.54. The second-order valence-electron chi connectivity index (χ2n) is 5.64. The fraction of sp³-hybridized carbons (Fsp3) is 0.889. The van der Waals surface area contributed by atoms with E-state index >= 15 is 0 Å². The van der Waals surface area contributed by atoms with Crippen LogP contribution in [0.4, 0.5) is 0 Å². The maximum absolute atomic E-state index is 10.9. The molecule has 1 unspecified atom stereocenters. The van der Waals surface area contributed by atoms with Crippen molar-refractivity contribution in [3.05, 3.63) is 0 Å². The topological polar surface area (TPSA) is 29.5 Å². The lowest BCUT2D eigenvalue weighted by Gasteiger charge is -2.47. The third-order valence-corrected chi connectivity index (χ3v) is 13.8. The minimum Gasteiger partial charge on any atom is -0.447 e. The molecule has 80 valence electrons. The number of cyclic esters (lactones) is 1. The summed E-state index contributed by atoms with van der Waals surface area (Å²) in [4.78, 5) is 10.9. The third kappa shape index (κ3) is 1.47. The van der Waals surface area contributed by atoms with Crippen molar-refractivity contribution in [2.24, 2.45) is 0 Å². The average molecular weight is 229 g/mol. The molecule has 0 amide bonds. The van der Waals surface area contributed by atoms with Crippen LogP contribution in [0.1, 0.15) is 6.42 Å². The summed E-state index contributed by atoms with van der Waals surface area (Å²) >= 11 is 0. The van der Waals surface area contributed by atoms with Crippen LogP contribution in [0.15, 0.2) is 0 Å². The first kappa shape index (κ1) is 10.4. The number of carbonyl (C=O) groups excluding carboxylic acids is 1. The lowest BCUT2D eigenvalue weighted by Crippen LogP contribution is -2.64. The van der Waals surface area contributed by atoms with Gasteiger partial charge in [0.2, 0.25) is 0 Å². The van der Waals surface area contributed by atoms with Gasteiger partial charge < -0.3 is 8.97 Å². The van der Waals surface area contributed by atoms with Gasteiger partial charge in [0.15, 0.2) is 6.23 Å². The van der Waals surface area contributed by atoms with E-state index < -0.39 is 16.5 Å². The molecule has 0 aromatic rings. The number of nitrogens with zero attached hydrogens (tertiary/aromatic N) is 1. The molecular formula is C9H19NO2Si2. The summed E-state index contributed by atoms with van der Waals surface area (Å²) in [6.07, 6.45) is 0.778. The molecule has 0 aliphatic carbocycles. The van der Waals surface area contributed by atoms with Gasteiger partial charge in [-0.25, -0.2) is 0 Å². The molecule has 2 fully saturated rings. The first-order chi connectivity index (χ1) is 6.33. The lowest BCUT2D eigenvalue weighted by atomic mass is 10.3. The maximum atomic E-state index is 10.9. The smallest absolute Gasteiger partial charge is 0.312 e. The van der Waals surface area contributed by atoms with Gasteiger partial charge in [-0.3, -0.25) is 4.79 Å². The van der Waals surface area contributed by atoms with E-state index in [2.05, 4.69) is 30.4 Å². The van der Waals surface area contributed by atoms with Crippen molar-refractivity contribution >= 4 is 22.4 Å². The number of hydrogen-bond donors (Lipinski definition) is 0. The summed E-state index contributed by atoms with van der Waals surface area (Å²) in [5.74, 6) is -0.0171. The normalized spacial score (nSPS) is 35.1. The lowest BCUT2D eigenvalue weighted by molar-refractivity contribution is -0.177. The van der Waals surface area contributed by atoms with Crippen molar-refractivity contribution in [3.63, 3.8) is 0 Å². The molecule has 5 heteroatoms. The second kappa shape index (κ2) is 2.93. The van der Waals surface area contributed by atoms with E-state index in [1.165, 1.54) is 12.1 Å². The van der Waals surface area contributed by atoms with Crippen LogP contribution in [0.3, 0.4) is 0 Å². The van der Waals surface area contributed by atoms with E-state index in [4.69, 9.17) is 4.74 Å². The first-order valence-electron chi connectivity index (χ1n) is 5.32. The van der Waals surface area contributed by atoms with Crippen molar-refractivity contribution in [2.45, 2.75) is 50.9 Å². The molecule has 0 saturated carbocycles. The fourth-order valence-electron chi connectivity index (χ4n) is 2.88. The molecule has 14 heavy (non-hydrogen) atoms. The van der Waals surface area contributed by atoms with Gasteiger partial charge >= 0.3 is 5.97 Å². The van der Waals surface area contributed by atoms with Gasteiger partial charge in [0.05, 0.1) is 6.42 Å². The van der Waals surface area contributed by atoms with Crippen molar-refractivity contribution < 1.29 is 9.53 Å². The van der Waals surface area contributed by atoms with Crippen LogP contribution in [-0.2, 0) is 9.53 Å². The molecule has 0 aromatic carbocycles. The van der Waals surface area contributed by atoms with Crippen LogP contribution in [-0.4, -0.2) is 32.9 Å². The Morgan fingerprint density at radius 2 is 1.64 bits per heavy atom. The molecular weight excluding hydrogens is 210 g/mol. The van der Waals surface area contributed by atoms with Crippen molar-refractivity contribution in [1.82, 2.24) is 4.23 Å². The van der Waals surface area contributed by atoms with Crippen LogP contribution < -0.4 is 0 Å². The standard InChI is InChI=1S/C9H19NO2Si2/c1-13(2)5-6-14(3,4)10(13)8-7-9(11)12-8/h8H,5-7H2,1-4H3. The van der Waals surface area contributed by atoms with Gasteiger partial charge in [-0.2, -0.15) is 0 Å². The minimum atomic E-state index is -1.25. The molecule has 2 aliphatic heterocycles. The zero-order valence-electron chi connectivity index (χ0n) is 9.46. The zero-order valence-corrected chi connectivity index (χ0v) is 11.5. The molecule has 0 radical (unpaired) electrons. The van der Waals surface area contributed by atoms with E-state index in [0.717, 1.165) is 0 Å². The Kier molecular flexibility index (Phi) is 2.17. The van der Waals surface area contributed by atoms with Gasteiger partial charge in [-0.05, 0) is 12.1 Å². The Labute approximate surface area is 87.6 Å². The summed E-state index contributed by atoms with van der Waals surface area (Å²) in [7, 11) is -2.50. The molecule has 0 bridgehead atoms. The van der Waals surface area contributed by atoms with Crippen molar-refractivity contribution in [3.8, 4) is 0 Å². The Balaban J connectivity index is 2.17. The van der Waals surface area contributed by atoms with E-state index in [1.807, 2.05) is 0 Å². The fourth-order valence-corrected chi connectivity index (χ4v) is 17.3. The summed E-state index contributed by atoms with van der Waals surface area (Å²) in [5, 5.41) is 0.